The number of hydrogen-bond acceptors (Lipinski definition) is 2. The monoisotopic (exact) mass is 263 g/mol. The van der Waals surface area contributed by atoms with E-state index in [9.17, 15) is 0 Å². The van der Waals surface area contributed by atoms with Crippen LogP contribution in [0.3, 0.4) is 0 Å². The zero-order valence-corrected chi connectivity index (χ0v) is 11.5. The van der Waals surface area contributed by atoms with Gasteiger partial charge in [-0.1, -0.05) is 17.7 Å². The molecule has 18 heavy (non-hydrogen) atoms. The number of rotatable bonds is 3. The molecule has 1 aliphatic rings. The van der Waals surface area contributed by atoms with Crippen molar-refractivity contribution in [1.29, 1.82) is 0 Å². The second-order valence-corrected chi connectivity index (χ2v) is 5.75. The van der Waals surface area contributed by atoms with Crippen molar-refractivity contribution in [2.75, 3.05) is 0 Å². The van der Waals surface area contributed by atoms with E-state index in [2.05, 4.69) is 18.4 Å². The van der Waals surface area contributed by atoms with Gasteiger partial charge in [-0.25, -0.2) is 4.98 Å². The number of halogens is 1. The molecule has 1 saturated carbocycles. The number of nitrogens with zero attached hydrogens (tertiary/aromatic N) is 2. The van der Waals surface area contributed by atoms with Crippen LogP contribution in [0.4, 0.5) is 0 Å². The molecular formula is C14H18ClN3. The van der Waals surface area contributed by atoms with Gasteiger partial charge in [-0.2, -0.15) is 0 Å². The molecule has 0 saturated heterocycles. The minimum absolute atomic E-state index is 0.349. The molecule has 0 radical (unpaired) electrons. The zero-order chi connectivity index (χ0) is 12.9. The largest absolute Gasteiger partial charge is 0.325 e. The molecule has 1 unspecified atom stereocenters. The van der Waals surface area contributed by atoms with Gasteiger partial charge in [0.25, 0.3) is 0 Å². The number of imidazole rings is 1. The molecular weight excluding hydrogens is 246 g/mol. The summed E-state index contributed by atoms with van der Waals surface area (Å²) < 4.78 is 2.16. The lowest BCUT2D eigenvalue weighted by atomic mass is 9.96. The van der Waals surface area contributed by atoms with Crippen molar-refractivity contribution in [3.63, 3.8) is 0 Å². The highest BCUT2D eigenvalue weighted by molar-refractivity contribution is 6.35. The van der Waals surface area contributed by atoms with Crippen molar-refractivity contribution >= 4 is 22.6 Å². The molecule has 3 rings (SSSR count). The average molecular weight is 264 g/mol. The van der Waals surface area contributed by atoms with E-state index in [1.165, 1.54) is 12.8 Å². The Bertz CT molecular complexity index is 596. The van der Waals surface area contributed by atoms with Crippen LogP contribution in [-0.2, 0) is 12.1 Å². The molecule has 3 nitrogen and oxygen atoms in total. The fraction of sp³-hybridized carbons (Fsp3) is 0.500. The lowest BCUT2D eigenvalue weighted by Gasteiger charge is -2.24. The first-order chi connectivity index (χ1) is 8.55. The van der Waals surface area contributed by atoms with Gasteiger partial charge in [0.15, 0.2) is 0 Å². The Balaban J connectivity index is 2.26. The first-order valence-electron chi connectivity index (χ1n) is 6.49. The fourth-order valence-corrected chi connectivity index (χ4v) is 3.00. The lowest BCUT2D eigenvalue weighted by molar-refractivity contribution is 0.385. The normalized spacial score (nSPS) is 19.1. The Hall–Kier alpha value is -1.06. The van der Waals surface area contributed by atoms with E-state index in [0.717, 1.165) is 28.4 Å². The van der Waals surface area contributed by atoms with Crippen molar-refractivity contribution in [2.45, 2.75) is 38.8 Å². The van der Waals surface area contributed by atoms with Crippen molar-refractivity contribution in [3.8, 4) is 0 Å². The number of hydrogen-bond donors (Lipinski definition) is 1. The van der Waals surface area contributed by atoms with Crippen LogP contribution in [0.1, 0.15) is 32.5 Å². The molecule has 0 spiro atoms. The zero-order valence-electron chi connectivity index (χ0n) is 10.8. The lowest BCUT2D eigenvalue weighted by Crippen LogP contribution is -2.38. The van der Waals surface area contributed by atoms with Gasteiger partial charge in [-0.15, -0.1) is 0 Å². The predicted molar refractivity (Wildman–Crippen MR) is 74.7 cm³/mol. The number of para-hydroxylation sites is 1. The highest BCUT2D eigenvalue weighted by atomic mass is 35.5. The second kappa shape index (κ2) is 3.97. The van der Waals surface area contributed by atoms with Crippen LogP contribution >= 0.6 is 11.6 Å². The molecule has 0 bridgehead atoms. The quantitative estimate of drug-likeness (QED) is 0.923. The predicted octanol–water partition coefficient (Wildman–Crippen LogP) is 3.29. The third kappa shape index (κ3) is 1.65. The van der Waals surface area contributed by atoms with Gasteiger partial charge < -0.3 is 10.3 Å². The molecule has 1 aromatic heterocycles. The topological polar surface area (TPSA) is 43.8 Å². The summed E-state index contributed by atoms with van der Waals surface area (Å²) in [5.74, 6) is 1.52. The summed E-state index contributed by atoms with van der Waals surface area (Å²) in [4.78, 5) is 4.73. The summed E-state index contributed by atoms with van der Waals surface area (Å²) in [6.45, 7) is 5.04. The van der Waals surface area contributed by atoms with E-state index >= 15 is 0 Å². The van der Waals surface area contributed by atoms with Crippen LogP contribution in [-0.4, -0.2) is 9.55 Å². The molecule has 1 fully saturated rings. The molecule has 1 aromatic carbocycles. The van der Waals surface area contributed by atoms with E-state index in [1.807, 2.05) is 18.2 Å². The van der Waals surface area contributed by atoms with Crippen LogP contribution in [0, 0.1) is 5.92 Å². The smallest absolute Gasteiger partial charge is 0.130 e. The minimum Gasteiger partial charge on any atom is -0.325 e. The van der Waals surface area contributed by atoms with E-state index in [0.29, 0.717) is 5.92 Å². The van der Waals surface area contributed by atoms with Crippen LogP contribution in [0.2, 0.25) is 5.02 Å². The van der Waals surface area contributed by atoms with E-state index < -0.39 is 0 Å². The number of nitrogens with two attached hydrogens (primary N) is 1. The standard InChI is InChI=1S/C14H18ClN3/c1-3-18-12-10(15)5-4-6-11(12)17-13(18)14(2,16)9-7-8-9/h4-6,9H,3,7-8,16H2,1-2H3. The third-order valence-corrected chi connectivity index (χ3v) is 4.25. The van der Waals surface area contributed by atoms with Gasteiger partial charge >= 0.3 is 0 Å². The molecule has 1 atom stereocenters. The summed E-state index contributed by atoms with van der Waals surface area (Å²) in [6, 6.07) is 5.85. The molecule has 96 valence electrons. The Morgan fingerprint density at radius 1 is 1.50 bits per heavy atom. The highest BCUT2D eigenvalue weighted by Crippen LogP contribution is 2.44. The number of fused-ring (bicyclic) bond motifs is 1. The summed E-state index contributed by atoms with van der Waals surface area (Å²) in [5, 5.41) is 0.750. The Morgan fingerprint density at radius 2 is 2.22 bits per heavy atom. The molecule has 1 aliphatic carbocycles. The number of aromatic nitrogens is 2. The molecule has 1 heterocycles. The second-order valence-electron chi connectivity index (χ2n) is 5.34. The maximum Gasteiger partial charge on any atom is 0.130 e. The Labute approximate surface area is 112 Å². The maximum atomic E-state index is 6.51. The van der Waals surface area contributed by atoms with Crippen LogP contribution in [0.15, 0.2) is 18.2 Å². The van der Waals surface area contributed by atoms with Crippen molar-refractivity contribution in [3.05, 3.63) is 29.0 Å². The Morgan fingerprint density at radius 3 is 2.83 bits per heavy atom. The van der Waals surface area contributed by atoms with Gasteiger partial charge in [-0.05, 0) is 44.7 Å². The molecule has 4 heteroatoms. The van der Waals surface area contributed by atoms with E-state index in [-0.39, 0.29) is 5.54 Å². The SMILES string of the molecule is CCn1c(C(C)(N)C2CC2)nc2cccc(Cl)c21. The van der Waals surface area contributed by atoms with Gasteiger partial charge in [-0.3, -0.25) is 0 Å². The van der Waals surface area contributed by atoms with Crippen LogP contribution in [0.5, 0.6) is 0 Å². The summed E-state index contributed by atoms with van der Waals surface area (Å²) in [7, 11) is 0. The molecule has 0 amide bonds. The van der Waals surface area contributed by atoms with Crippen molar-refractivity contribution < 1.29 is 0 Å². The molecule has 0 aliphatic heterocycles. The highest BCUT2D eigenvalue weighted by Gasteiger charge is 2.43. The van der Waals surface area contributed by atoms with Gasteiger partial charge in [0.05, 0.1) is 21.6 Å². The summed E-state index contributed by atoms with van der Waals surface area (Å²) in [6.07, 6.45) is 2.40. The summed E-state index contributed by atoms with van der Waals surface area (Å²) >= 11 is 6.30. The molecule has 2 N–H and O–H groups in total. The van der Waals surface area contributed by atoms with Crippen LogP contribution < -0.4 is 5.73 Å². The first kappa shape index (κ1) is 12.0. The minimum atomic E-state index is -0.349. The number of benzene rings is 1. The van der Waals surface area contributed by atoms with Gasteiger partial charge in [0.2, 0.25) is 0 Å². The van der Waals surface area contributed by atoms with E-state index in [4.69, 9.17) is 22.3 Å². The van der Waals surface area contributed by atoms with E-state index in [1.54, 1.807) is 0 Å². The van der Waals surface area contributed by atoms with Crippen LogP contribution in [0.25, 0.3) is 11.0 Å². The van der Waals surface area contributed by atoms with Crippen molar-refractivity contribution in [1.82, 2.24) is 9.55 Å². The number of aryl methyl sites for hydroxylation is 1. The molecule has 2 aromatic rings. The fourth-order valence-electron chi connectivity index (χ4n) is 2.73. The first-order valence-corrected chi connectivity index (χ1v) is 6.87. The van der Waals surface area contributed by atoms with Gasteiger partial charge in [0.1, 0.15) is 5.82 Å². The van der Waals surface area contributed by atoms with Crippen molar-refractivity contribution in [2.24, 2.45) is 11.7 Å². The third-order valence-electron chi connectivity index (χ3n) is 3.94. The average Bonchev–Trinajstić information content (AvgIpc) is 3.11. The summed E-state index contributed by atoms with van der Waals surface area (Å²) in [5.41, 5.74) is 8.11. The Kier molecular flexibility index (Phi) is 2.65. The van der Waals surface area contributed by atoms with Gasteiger partial charge in [0, 0.05) is 6.54 Å². The maximum absolute atomic E-state index is 6.51.